The van der Waals surface area contributed by atoms with E-state index in [1.165, 1.54) is 25.8 Å². The summed E-state index contributed by atoms with van der Waals surface area (Å²) in [4.78, 5) is 13.9. The average Bonchev–Trinajstić information content (AvgIpc) is 2.12. The van der Waals surface area contributed by atoms with Crippen LogP contribution in [0.3, 0.4) is 0 Å². The smallest absolute Gasteiger partial charge is 0.138 e. The minimum absolute atomic E-state index is 0.305. The Balaban J connectivity index is 2.08. The van der Waals surface area contributed by atoms with Gasteiger partial charge in [-0.05, 0) is 19.4 Å². The van der Waals surface area contributed by atoms with Crippen LogP contribution in [0.4, 0.5) is 0 Å². The first kappa shape index (κ1) is 8.24. The van der Waals surface area contributed by atoms with Gasteiger partial charge in [0, 0.05) is 24.9 Å². The van der Waals surface area contributed by atoms with Crippen molar-refractivity contribution in [1.82, 2.24) is 4.90 Å². The van der Waals surface area contributed by atoms with Gasteiger partial charge in [0.1, 0.15) is 5.78 Å². The van der Waals surface area contributed by atoms with E-state index in [-0.39, 0.29) is 0 Å². The molecule has 2 saturated heterocycles. The lowest BCUT2D eigenvalue weighted by molar-refractivity contribution is -0.129. The van der Waals surface area contributed by atoms with Gasteiger partial charge in [0.05, 0.1) is 0 Å². The van der Waals surface area contributed by atoms with Crippen LogP contribution in [0.25, 0.3) is 0 Å². The number of carbonyl (C=O) groups excluding carboxylic acids is 1. The highest BCUT2D eigenvalue weighted by atomic mass is 16.1. The fourth-order valence-electron chi connectivity index (χ4n) is 2.56. The number of carbonyl (C=O) groups is 1. The summed E-state index contributed by atoms with van der Waals surface area (Å²) >= 11 is 0. The molecule has 0 N–H and O–H groups in total. The number of rotatable bonds is 0. The predicted octanol–water partition coefficient (Wildman–Crippen LogP) is 1.45. The van der Waals surface area contributed by atoms with Gasteiger partial charge in [-0.3, -0.25) is 9.69 Å². The van der Waals surface area contributed by atoms with Gasteiger partial charge < -0.3 is 0 Å². The van der Waals surface area contributed by atoms with Crippen LogP contribution in [0.1, 0.15) is 32.6 Å². The maximum absolute atomic E-state index is 11.4. The molecule has 2 heterocycles. The van der Waals surface area contributed by atoms with Crippen molar-refractivity contribution in [3.05, 3.63) is 0 Å². The Morgan fingerprint density at radius 3 is 3.00 bits per heavy atom. The molecule has 2 nitrogen and oxygen atoms in total. The number of piperidine rings is 2. The van der Waals surface area contributed by atoms with E-state index in [0.717, 1.165) is 13.0 Å². The summed E-state index contributed by atoms with van der Waals surface area (Å²) in [5.41, 5.74) is 0. The molecule has 0 bridgehead atoms. The molecule has 0 spiro atoms. The second kappa shape index (κ2) is 3.17. The summed E-state index contributed by atoms with van der Waals surface area (Å²) in [6, 6.07) is 0.583. The Bertz CT molecular complexity index is 190. The van der Waals surface area contributed by atoms with Gasteiger partial charge in [0.2, 0.25) is 0 Å². The van der Waals surface area contributed by atoms with Gasteiger partial charge in [-0.15, -0.1) is 0 Å². The number of Topliss-reactive ketones (excluding diaryl/α,β-unsaturated/α-hetero) is 1. The SMILES string of the molecule is CC1C(=O)CCN2CCCCC12. The second-order valence-electron chi connectivity index (χ2n) is 4.10. The Kier molecular flexibility index (Phi) is 2.18. The van der Waals surface area contributed by atoms with Crippen LogP contribution < -0.4 is 0 Å². The number of ketones is 1. The lowest BCUT2D eigenvalue weighted by Crippen LogP contribution is -2.50. The summed E-state index contributed by atoms with van der Waals surface area (Å²) in [7, 11) is 0. The normalized spacial score (nSPS) is 37.9. The van der Waals surface area contributed by atoms with Crippen LogP contribution in [0.5, 0.6) is 0 Å². The highest BCUT2D eigenvalue weighted by molar-refractivity contribution is 5.82. The van der Waals surface area contributed by atoms with Crippen molar-refractivity contribution in [2.75, 3.05) is 13.1 Å². The molecule has 2 rings (SSSR count). The zero-order valence-corrected chi connectivity index (χ0v) is 7.75. The molecule has 2 aliphatic rings. The predicted molar refractivity (Wildman–Crippen MR) is 48.0 cm³/mol. The molecule has 12 heavy (non-hydrogen) atoms. The molecule has 2 fully saturated rings. The molecule has 68 valence electrons. The third-order valence-corrected chi connectivity index (χ3v) is 3.39. The molecule has 0 amide bonds. The molecule has 0 radical (unpaired) electrons. The van der Waals surface area contributed by atoms with Crippen molar-refractivity contribution in [2.45, 2.75) is 38.6 Å². The molecule has 2 unspecified atom stereocenters. The highest BCUT2D eigenvalue weighted by Crippen LogP contribution is 2.28. The van der Waals surface area contributed by atoms with Crippen LogP contribution in [0.15, 0.2) is 0 Å². The summed E-state index contributed by atoms with van der Waals surface area (Å²) in [5, 5.41) is 0. The summed E-state index contributed by atoms with van der Waals surface area (Å²) in [6.45, 7) is 4.35. The quantitative estimate of drug-likeness (QED) is 0.544. The molecule has 0 saturated carbocycles. The molecule has 2 heteroatoms. The number of nitrogens with zero attached hydrogens (tertiary/aromatic N) is 1. The van der Waals surface area contributed by atoms with E-state index in [9.17, 15) is 4.79 Å². The van der Waals surface area contributed by atoms with Gasteiger partial charge in [-0.1, -0.05) is 13.3 Å². The third-order valence-electron chi connectivity index (χ3n) is 3.39. The molecule has 2 atom stereocenters. The lowest BCUT2D eigenvalue weighted by atomic mass is 9.84. The van der Waals surface area contributed by atoms with E-state index in [0.29, 0.717) is 17.7 Å². The van der Waals surface area contributed by atoms with Crippen molar-refractivity contribution in [2.24, 2.45) is 5.92 Å². The first-order valence-electron chi connectivity index (χ1n) is 5.06. The fourth-order valence-corrected chi connectivity index (χ4v) is 2.56. The van der Waals surface area contributed by atoms with Gasteiger partial charge in [0.25, 0.3) is 0 Å². The van der Waals surface area contributed by atoms with Crippen molar-refractivity contribution in [3.63, 3.8) is 0 Å². The van der Waals surface area contributed by atoms with Crippen molar-refractivity contribution >= 4 is 5.78 Å². The number of hydrogen-bond donors (Lipinski definition) is 0. The number of hydrogen-bond acceptors (Lipinski definition) is 2. The van der Waals surface area contributed by atoms with E-state index < -0.39 is 0 Å². The van der Waals surface area contributed by atoms with Crippen molar-refractivity contribution in [3.8, 4) is 0 Å². The third kappa shape index (κ3) is 1.28. The van der Waals surface area contributed by atoms with Crippen LogP contribution in [-0.2, 0) is 4.79 Å². The zero-order chi connectivity index (χ0) is 8.55. The van der Waals surface area contributed by atoms with Crippen molar-refractivity contribution in [1.29, 1.82) is 0 Å². The topological polar surface area (TPSA) is 20.3 Å². The molecular weight excluding hydrogens is 150 g/mol. The number of fused-ring (bicyclic) bond motifs is 1. The van der Waals surface area contributed by atoms with Crippen LogP contribution >= 0.6 is 0 Å². The zero-order valence-electron chi connectivity index (χ0n) is 7.75. The largest absolute Gasteiger partial charge is 0.299 e. The van der Waals surface area contributed by atoms with Crippen LogP contribution in [-0.4, -0.2) is 29.8 Å². The lowest BCUT2D eigenvalue weighted by Gasteiger charge is -2.42. The standard InChI is InChI=1S/C10H17NO/c1-8-9-4-2-3-6-11(9)7-5-10(8)12/h8-9H,2-7H2,1H3. The highest BCUT2D eigenvalue weighted by Gasteiger charge is 2.34. The van der Waals surface area contributed by atoms with Crippen molar-refractivity contribution < 1.29 is 4.79 Å². The monoisotopic (exact) mass is 167 g/mol. The fraction of sp³-hybridized carbons (Fsp3) is 0.900. The minimum Gasteiger partial charge on any atom is -0.299 e. The van der Waals surface area contributed by atoms with Crippen LogP contribution in [0.2, 0.25) is 0 Å². The van der Waals surface area contributed by atoms with Gasteiger partial charge in [0.15, 0.2) is 0 Å². The van der Waals surface area contributed by atoms with Gasteiger partial charge in [-0.2, -0.15) is 0 Å². The van der Waals surface area contributed by atoms with E-state index in [1.54, 1.807) is 0 Å². The average molecular weight is 167 g/mol. The van der Waals surface area contributed by atoms with E-state index >= 15 is 0 Å². The summed E-state index contributed by atoms with van der Waals surface area (Å²) in [5.74, 6) is 0.789. The summed E-state index contributed by atoms with van der Waals surface area (Å²) in [6.07, 6.45) is 4.68. The van der Waals surface area contributed by atoms with Gasteiger partial charge >= 0.3 is 0 Å². The molecule has 0 aliphatic carbocycles. The first-order chi connectivity index (χ1) is 5.79. The Morgan fingerprint density at radius 2 is 2.17 bits per heavy atom. The maximum Gasteiger partial charge on any atom is 0.138 e. The minimum atomic E-state index is 0.305. The maximum atomic E-state index is 11.4. The molecular formula is C10H17NO. The van der Waals surface area contributed by atoms with E-state index in [1.807, 2.05) is 0 Å². The molecule has 0 aromatic carbocycles. The molecule has 0 aromatic rings. The first-order valence-corrected chi connectivity index (χ1v) is 5.06. The second-order valence-corrected chi connectivity index (χ2v) is 4.10. The Labute approximate surface area is 73.9 Å². The Hall–Kier alpha value is -0.370. The van der Waals surface area contributed by atoms with E-state index in [4.69, 9.17) is 0 Å². The Morgan fingerprint density at radius 1 is 1.33 bits per heavy atom. The molecule has 0 aromatic heterocycles. The summed E-state index contributed by atoms with van der Waals surface area (Å²) < 4.78 is 0. The van der Waals surface area contributed by atoms with Gasteiger partial charge in [-0.25, -0.2) is 0 Å². The van der Waals surface area contributed by atoms with E-state index in [2.05, 4.69) is 11.8 Å². The molecule has 2 aliphatic heterocycles. The van der Waals surface area contributed by atoms with Crippen LogP contribution in [0, 0.1) is 5.92 Å².